The van der Waals surface area contributed by atoms with Gasteiger partial charge in [-0.25, -0.2) is 9.67 Å². The highest BCUT2D eigenvalue weighted by Gasteiger charge is 2.20. The summed E-state index contributed by atoms with van der Waals surface area (Å²) in [5.74, 6) is 0.284. The smallest absolute Gasteiger partial charge is 0.295 e. The van der Waals surface area contributed by atoms with E-state index in [9.17, 15) is 4.79 Å². The van der Waals surface area contributed by atoms with E-state index in [2.05, 4.69) is 15.4 Å². The Labute approximate surface area is 180 Å². The lowest BCUT2D eigenvalue weighted by Crippen LogP contribution is -2.15. The molecule has 1 heterocycles. The van der Waals surface area contributed by atoms with Crippen LogP contribution >= 0.6 is 11.6 Å². The highest BCUT2D eigenvalue weighted by molar-refractivity contribution is 6.30. The average molecular weight is 417 g/mol. The number of para-hydroxylation sites is 1. The molecule has 30 heavy (non-hydrogen) atoms. The van der Waals surface area contributed by atoms with E-state index in [4.69, 9.17) is 11.6 Å². The molecule has 0 atom stereocenters. The maximum atomic E-state index is 12.9. The van der Waals surface area contributed by atoms with Crippen LogP contribution in [-0.2, 0) is 0 Å². The van der Waals surface area contributed by atoms with Gasteiger partial charge in [0.15, 0.2) is 5.82 Å². The zero-order valence-electron chi connectivity index (χ0n) is 17.0. The van der Waals surface area contributed by atoms with E-state index >= 15 is 0 Å². The molecular formula is C24H21ClN4O. The molecule has 4 aromatic rings. The van der Waals surface area contributed by atoms with Crippen LogP contribution in [0.4, 0.5) is 5.69 Å². The molecule has 6 heteroatoms. The summed E-state index contributed by atoms with van der Waals surface area (Å²) in [7, 11) is 0. The average Bonchev–Trinajstić information content (AvgIpc) is 3.17. The second-order valence-electron chi connectivity index (χ2n) is 7.24. The minimum Gasteiger partial charge on any atom is -0.319 e. The Morgan fingerprint density at radius 3 is 2.50 bits per heavy atom. The van der Waals surface area contributed by atoms with E-state index < -0.39 is 0 Å². The van der Waals surface area contributed by atoms with Crippen molar-refractivity contribution in [2.24, 2.45) is 0 Å². The molecule has 0 unspecified atom stereocenters. The Bertz CT molecular complexity index is 1250. The van der Waals surface area contributed by atoms with Crippen LogP contribution in [0.15, 0.2) is 66.7 Å². The first-order valence-corrected chi connectivity index (χ1v) is 9.98. The Morgan fingerprint density at radius 1 is 0.933 bits per heavy atom. The standard InChI is InChI=1S/C24H21ClN4O/c1-15-11-12-17(3)21(13-15)29-23(18-8-6-9-19(25)14-18)27-22(28-29)24(30)26-20-10-5-4-7-16(20)2/h4-14H,1-3H3,(H,26,30). The molecule has 3 aromatic carbocycles. The van der Waals surface area contributed by atoms with E-state index in [0.29, 0.717) is 10.8 Å². The first kappa shape index (κ1) is 19.9. The molecule has 0 aliphatic rings. The van der Waals surface area contributed by atoms with Gasteiger partial charge in [0.25, 0.3) is 5.91 Å². The Morgan fingerprint density at radius 2 is 1.73 bits per heavy atom. The summed E-state index contributed by atoms with van der Waals surface area (Å²) in [6.45, 7) is 5.96. The first-order chi connectivity index (χ1) is 14.4. The normalized spacial score (nSPS) is 10.8. The molecule has 1 aromatic heterocycles. The summed E-state index contributed by atoms with van der Waals surface area (Å²) in [5.41, 5.74) is 5.47. The van der Waals surface area contributed by atoms with Gasteiger partial charge in [0.2, 0.25) is 5.82 Å². The number of carbonyl (C=O) groups excluding carboxylic acids is 1. The van der Waals surface area contributed by atoms with Gasteiger partial charge in [0.05, 0.1) is 5.69 Å². The van der Waals surface area contributed by atoms with Gasteiger partial charge in [-0.2, -0.15) is 0 Å². The fourth-order valence-corrected chi connectivity index (χ4v) is 3.42. The van der Waals surface area contributed by atoms with E-state index in [0.717, 1.165) is 33.6 Å². The summed E-state index contributed by atoms with van der Waals surface area (Å²) in [6, 6.07) is 21.1. The van der Waals surface area contributed by atoms with Crippen molar-refractivity contribution in [3.63, 3.8) is 0 Å². The van der Waals surface area contributed by atoms with Gasteiger partial charge in [-0.3, -0.25) is 4.79 Å². The van der Waals surface area contributed by atoms with Crippen molar-refractivity contribution in [2.45, 2.75) is 20.8 Å². The maximum Gasteiger partial charge on any atom is 0.295 e. The van der Waals surface area contributed by atoms with Gasteiger partial charge in [0.1, 0.15) is 0 Å². The second-order valence-corrected chi connectivity index (χ2v) is 7.68. The van der Waals surface area contributed by atoms with Crippen molar-refractivity contribution in [1.29, 1.82) is 0 Å². The molecule has 0 aliphatic carbocycles. The topological polar surface area (TPSA) is 59.8 Å². The fourth-order valence-electron chi connectivity index (χ4n) is 3.23. The van der Waals surface area contributed by atoms with Crippen molar-refractivity contribution in [2.75, 3.05) is 5.32 Å². The van der Waals surface area contributed by atoms with Crippen molar-refractivity contribution >= 4 is 23.2 Å². The number of aryl methyl sites for hydroxylation is 3. The molecule has 150 valence electrons. The van der Waals surface area contributed by atoms with E-state index in [1.54, 1.807) is 10.7 Å². The summed E-state index contributed by atoms with van der Waals surface area (Å²) in [4.78, 5) is 17.5. The predicted octanol–water partition coefficient (Wildman–Crippen LogP) is 5.77. The Hall–Kier alpha value is -3.44. The summed E-state index contributed by atoms with van der Waals surface area (Å²) < 4.78 is 1.71. The van der Waals surface area contributed by atoms with E-state index in [1.165, 1.54) is 0 Å². The van der Waals surface area contributed by atoms with Crippen LogP contribution < -0.4 is 5.32 Å². The number of halogens is 1. The third-order valence-electron chi connectivity index (χ3n) is 4.88. The molecule has 4 rings (SSSR count). The zero-order chi connectivity index (χ0) is 21.3. The molecule has 5 nitrogen and oxygen atoms in total. The maximum absolute atomic E-state index is 12.9. The quantitative estimate of drug-likeness (QED) is 0.459. The molecule has 0 fully saturated rings. The van der Waals surface area contributed by atoms with Gasteiger partial charge in [-0.05, 0) is 61.7 Å². The number of nitrogens with zero attached hydrogens (tertiary/aromatic N) is 3. The van der Waals surface area contributed by atoms with Crippen LogP contribution in [0.2, 0.25) is 5.02 Å². The zero-order valence-corrected chi connectivity index (χ0v) is 17.7. The van der Waals surface area contributed by atoms with Gasteiger partial charge in [-0.15, -0.1) is 5.10 Å². The van der Waals surface area contributed by atoms with Crippen LogP contribution in [0.25, 0.3) is 17.1 Å². The largest absolute Gasteiger partial charge is 0.319 e. The predicted molar refractivity (Wildman–Crippen MR) is 120 cm³/mol. The monoisotopic (exact) mass is 416 g/mol. The fraction of sp³-hybridized carbons (Fsp3) is 0.125. The third-order valence-corrected chi connectivity index (χ3v) is 5.11. The number of carbonyl (C=O) groups is 1. The Kier molecular flexibility index (Phi) is 5.38. The molecule has 1 N–H and O–H groups in total. The molecule has 0 spiro atoms. The lowest BCUT2D eigenvalue weighted by Gasteiger charge is -2.10. The lowest BCUT2D eigenvalue weighted by molar-refractivity contribution is 0.101. The van der Waals surface area contributed by atoms with Gasteiger partial charge in [-0.1, -0.05) is 54.1 Å². The van der Waals surface area contributed by atoms with Crippen LogP contribution in [0, 0.1) is 20.8 Å². The van der Waals surface area contributed by atoms with Gasteiger partial charge >= 0.3 is 0 Å². The summed E-state index contributed by atoms with van der Waals surface area (Å²) in [5, 5.41) is 8.06. The highest BCUT2D eigenvalue weighted by atomic mass is 35.5. The van der Waals surface area contributed by atoms with Crippen LogP contribution in [-0.4, -0.2) is 20.7 Å². The molecule has 1 amide bonds. The van der Waals surface area contributed by atoms with Crippen molar-refractivity contribution < 1.29 is 4.79 Å². The minimum absolute atomic E-state index is 0.0918. The SMILES string of the molecule is Cc1ccc(C)c(-n2nc(C(=O)Nc3ccccc3C)nc2-c2cccc(Cl)c2)c1. The number of hydrogen-bond donors (Lipinski definition) is 1. The van der Waals surface area contributed by atoms with Gasteiger partial charge < -0.3 is 5.32 Å². The van der Waals surface area contributed by atoms with E-state index in [1.807, 2.05) is 81.4 Å². The van der Waals surface area contributed by atoms with Crippen molar-refractivity contribution in [3.8, 4) is 17.1 Å². The number of aromatic nitrogens is 3. The summed E-state index contributed by atoms with van der Waals surface area (Å²) >= 11 is 6.21. The van der Waals surface area contributed by atoms with Gasteiger partial charge in [0, 0.05) is 16.3 Å². The third kappa shape index (κ3) is 3.98. The first-order valence-electron chi connectivity index (χ1n) is 9.60. The molecule has 0 radical (unpaired) electrons. The number of hydrogen-bond acceptors (Lipinski definition) is 3. The molecule has 0 bridgehead atoms. The minimum atomic E-state index is -0.364. The Balaban J connectivity index is 1.83. The second kappa shape index (κ2) is 8.13. The van der Waals surface area contributed by atoms with Crippen LogP contribution in [0.1, 0.15) is 27.3 Å². The van der Waals surface area contributed by atoms with Crippen molar-refractivity contribution in [1.82, 2.24) is 14.8 Å². The molecule has 0 saturated heterocycles. The highest BCUT2D eigenvalue weighted by Crippen LogP contribution is 2.26. The molecule has 0 aliphatic heterocycles. The molecule has 0 saturated carbocycles. The number of rotatable bonds is 4. The number of benzene rings is 3. The number of anilines is 1. The van der Waals surface area contributed by atoms with Crippen LogP contribution in [0.3, 0.4) is 0 Å². The lowest BCUT2D eigenvalue weighted by atomic mass is 10.1. The number of amides is 1. The number of nitrogens with one attached hydrogen (secondary N) is 1. The van der Waals surface area contributed by atoms with E-state index in [-0.39, 0.29) is 11.7 Å². The summed E-state index contributed by atoms with van der Waals surface area (Å²) in [6.07, 6.45) is 0. The van der Waals surface area contributed by atoms with Crippen LogP contribution in [0.5, 0.6) is 0 Å². The molecular weight excluding hydrogens is 396 g/mol. The van der Waals surface area contributed by atoms with Crippen molar-refractivity contribution in [3.05, 3.63) is 94.3 Å².